The van der Waals surface area contributed by atoms with Crippen molar-refractivity contribution < 1.29 is 8.42 Å². The lowest BCUT2D eigenvalue weighted by molar-refractivity contribution is 0.480. The molecule has 0 amide bonds. The first kappa shape index (κ1) is 11.9. The van der Waals surface area contributed by atoms with Crippen LogP contribution in [0.5, 0.6) is 0 Å². The maximum atomic E-state index is 10.9. The van der Waals surface area contributed by atoms with Gasteiger partial charge in [0.25, 0.3) is 0 Å². The van der Waals surface area contributed by atoms with Crippen molar-refractivity contribution in [3.8, 4) is 6.07 Å². The molecule has 0 spiro atoms. The summed E-state index contributed by atoms with van der Waals surface area (Å²) in [5.41, 5.74) is -0.658. The van der Waals surface area contributed by atoms with Crippen molar-refractivity contribution in [2.24, 2.45) is 5.41 Å². The molecular weight excluding hydrogens is 244 g/mol. The summed E-state index contributed by atoms with van der Waals surface area (Å²) in [4.78, 5) is 0. The van der Waals surface area contributed by atoms with Crippen molar-refractivity contribution in [2.75, 3.05) is 11.2 Å². The zero-order valence-electron chi connectivity index (χ0n) is 6.96. The number of hydrogen-bond acceptors (Lipinski definition) is 3. The zero-order chi connectivity index (χ0) is 9.83. The number of alkyl halides is 1. The lowest BCUT2D eigenvalue weighted by Gasteiger charge is -2.14. The Morgan fingerprint density at radius 2 is 2.08 bits per heavy atom. The molecular formula is C6H11BrN2O2S. The van der Waals surface area contributed by atoms with Crippen LogP contribution in [-0.2, 0) is 10.0 Å². The Kier molecular flexibility index (Phi) is 4.17. The number of rotatable bonds is 4. The summed E-state index contributed by atoms with van der Waals surface area (Å²) in [6, 6.07) is 2.00. The van der Waals surface area contributed by atoms with E-state index in [1.54, 1.807) is 13.8 Å². The molecule has 0 heterocycles. The van der Waals surface area contributed by atoms with Crippen LogP contribution in [0.4, 0.5) is 0 Å². The molecule has 70 valence electrons. The van der Waals surface area contributed by atoms with Crippen LogP contribution in [0.15, 0.2) is 0 Å². The fourth-order valence-corrected chi connectivity index (χ4v) is 1.51. The Morgan fingerprint density at radius 3 is 2.42 bits per heavy atom. The average molecular weight is 255 g/mol. The van der Waals surface area contributed by atoms with Crippen LogP contribution >= 0.6 is 15.9 Å². The number of hydrogen-bond donors (Lipinski definition) is 1. The van der Waals surface area contributed by atoms with Gasteiger partial charge >= 0.3 is 0 Å². The molecule has 4 nitrogen and oxygen atoms in total. The molecule has 0 aliphatic rings. The predicted octanol–water partition coefficient (Wildman–Crippen LogP) is 0.808. The average Bonchev–Trinajstić information content (AvgIpc) is 2.02. The summed E-state index contributed by atoms with van der Waals surface area (Å²) in [7, 11) is -3.25. The summed E-state index contributed by atoms with van der Waals surface area (Å²) in [6.07, 6.45) is 0. The third-order valence-corrected chi connectivity index (χ3v) is 3.86. The second kappa shape index (κ2) is 4.21. The Morgan fingerprint density at radius 1 is 1.58 bits per heavy atom. The third-order valence-electron chi connectivity index (χ3n) is 1.18. The van der Waals surface area contributed by atoms with E-state index in [0.29, 0.717) is 0 Å². The van der Waals surface area contributed by atoms with Gasteiger partial charge in [0.1, 0.15) is 4.66 Å². The maximum absolute atomic E-state index is 10.9. The fraction of sp³-hybridized carbons (Fsp3) is 0.833. The van der Waals surface area contributed by atoms with Crippen LogP contribution in [0, 0.1) is 16.7 Å². The van der Waals surface area contributed by atoms with Gasteiger partial charge in [0.2, 0.25) is 10.0 Å². The third kappa shape index (κ3) is 4.70. The molecule has 0 aromatic carbocycles. The molecule has 0 rings (SSSR count). The standard InChI is InChI=1S/C6H11BrN2O2S/c1-6(2,3-8)4-9-12(10,11)5-7/h9H,4-5H2,1-2H3. The van der Waals surface area contributed by atoms with Crippen molar-refractivity contribution in [1.29, 1.82) is 5.26 Å². The Balaban J connectivity index is 4.12. The largest absolute Gasteiger partial charge is 0.221 e. The van der Waals surface area contributed by atoms with Gasteiger partial charge in [-0.25, -0.2) is 13.1 Å². The number of sulfonamides is 1. The number of nitriles is 1. The molecule has 0 aromatic heterocycles. The van der Waals surface area contributed by atoms with Crippen molar-refractivity contribution >= 4 is 26.0 Å². The summed E-state index contributed by atoms with van der Waals surface area (Å²) >= 11 is 2.83. The molecule has 0 aliphatic heterocycles. The Hall–Kier alpha value is -0.120. The number of halogens is 1. The van der Waals surface area contributed by atoms with Gasteiger partial charge < -0.3 is 0 Å². The second-order valence-corrected chi connectivity index (χ2v) is 6.15. The minimum Gasteiger partial charge on any atom is -0.213 e. The van der Waals surface area contributed by atoms with Crippen molar-refractivity contribution in [2.45, 2.75) is 13.8 Å². The first-order valence-corrected chi connectivity index (χ1v) is 6.05. The highest BCUT2D eigenvalue weighted by molar-refractivity contribution is 9.10. The van der Waals surface area contributed by atoms with E-state index < -0.39 is 15.4 Å². The van der Waals surface area contributed by atoms with E-state index in [1.165, 1.54) is 0 Å². The minimum atomic E-state index is -3.25. The lowest BCUT2D eigenvalue weighted by atomic mass is 9.97. The van der Waals surface area contributed by atoms with Crippen molar-refractivity contribution in [3.63, 3.8) is 0 Å². The van der Waals surface area contributed by atoms with E-state index in [4.69, 9.17) is 5.26 Å². The SMILES string of the molecule is CC(C)(C#N)CNS(=O)(=O)CBr. The monoisotopic (exact) mass is 254 g/mol. The van der Waals surface area contributed by atoms with Gasteiger partial charge in [-0.05, 0) is 13.8 Å². The predicted molar refractivity (Wildman–Crippen MR) is 50.1 cm³/mol. The first-order valence-electron chi connectivity index (χ1n) is 3.27. The van der Waals surface area contributed by atoms with Gasteiger partial charge in [-0.3, -0.25) is 0 Å². The molecule has 0 fully saturated rings. The molecule has 6 heteroatoms. The molecule has 0 atom stereocenters. The molecule has 0 aromatic rings. The highest BCUT2D eigenvalue weighted by Crippen LogP contribution is 2.11. The van der Waals surface area contributed by atoms with Gasteiger partial charge in [0.15, 0.2) is 0 Å². The van der Waals surface area contributed by atoms with E-state index in [2.05, 4.69) is 20.7 Å². The van der Waals surface area contributed by atoms with Gasteiger partial charge in [0.05, 0.1) is 11.5 Å². The number of nitrogens with one attached hydrogen (secondary N) is 1. The van der Waals surface area contributed by atoms with Crippen LogP contribution < -0.4 is 4.72 Å². The number of nitrogens with zero attached hydrogens (tertiary/aromatic N) is 1. The lowest BCUT2D eigenvalue weighted by Crippen LogP contribution is -2.33. The summed E-state index contributed by atoms with van der Waals surface area (Å²) in [5, 5.41) is 8.57. The highest BCUT2D eigenvalue weighted by atomic mass is 79.9. The maximum Gasteiger partial charge on any atom is 0.221 e. The van der Waals surface area contributed by atoms with E-state index in [9.17, 15) is 8.42 Å². The van der Waals surface area contributed by atoms with Crippen LogP contribution in [0.1, 0.15) is 13.8 Å². The van der Waals surface area contributed by atoms with Gasteiger partial charge in [-0.1, -0.05) is 15.9 Å². The summed E-state index contributed by atoms with van der Waals surface area (Å²) in [5.74, 6) is 0. The zero-order valence-corrected chi connectivity index (χ0v) is 9.37. The molecule has 0 aliphatic carbocycles. The smallest absolute Gasteiger partial charge is 0.213 e. The molecule has 0 unspecified atom stereocenters. The van der Waals surface area contributed by atoms with E-state index >= 15 is 0 Å². The molecule has 12 heavy (non-hydrogen) atoms. The summed E-state index contributed by atoms with van der Waals surface area (Å²) < 4.78 is 24.0. The highest BCUT2D eigenvalue weighted by Gasteiger charge is 2.19. The van der Waals surface area contributed by atoms with Gasteiger partial charge in [0, 0.05) is 6.54 Å². The summed E-state index contributed by atoms with van der Waals surface area (Å²) in [6.45, 7) is 3.48. The van der Waals surface area contributed by atoms with Crippen LogP contribution in [0.2, 0.25) is 0 Å². The van der Waals surface area contributed by atoms with Crippen LogP contribution in [-0.4, -0.2) is 19.6 Å². The first-order chi connectivity index (χ1) is 5.33. The molecule has 1 N–H and O–H groups in total. The Labute approximate surface area is 81.1 Å². The van der Waals surface area contributed by atoms with Crippen LogP contribution in [0.3, 0.4) is 0 Å². The Bertz CT molecular complexity index is 278. The van der Waals surface area contributed by atoms with E-state index in [0.717, 1.165) is 0 Å². The molecule has 0 saturated carbocycles. The quantitative estimate of drug-likeness (QED) is 0.755. The van der Waals surface area contributed by atoms with Crippen molar-refractivity contribution in [3.05, 3.63) is 0 Å². The second-order valence-electron chi connectivity index (χ2n) is 3.04. The van der Waals surface area contributed by atoms with E-state index in [1.807, 2.05) is 6.07 Å². The molecule has 0 radical (unpaired) electrons. The molecule has 0 bridgehead atoms. The van der Waals surface area contributed by atoms with Crippen molar-refractivity contribution in [1.82, 2.24) is 4.72 Å². The van der Waals surface area contributed by atoms with Gasteiger partial charge in [-0.15, -0.1) is 0 Å². The minimum absolute atomic E-state index is 0.136. The molecule has 0 saturated heterocycles. The fourth-order valence-electron chi connectivity index (χ4n) is 0.368. The van der Waals surface area contributed by atoms with E-state index in [-0.39, 0.29) is 11.2 Å². The normalized spacial score (nSPS) is 12.5. The topological polar surface area (TPSA) is 70.0 Å². The van der Waals surface area contributed by atoms with Gasteiger partial charge in [-0.2, -0.15) is 5.26 Å². The van der Waals surface area contributed by atoms with Crippen LogP contribution in [0.25, 0.3) is 0 Å².